The molecule has 33 heavy (non-hydrogen) atoms. The lowest BCUT2D eigenvalue weighted by Crippen LogP contribution is -2.28. The average Bonchev–Trinajstić information content (AvgIpc) is 3.41. The molecule has 0 saturated carbocycles. The van der Waals surface area contributed by atoms with Gasteiger partial charge in [-0.3, -0.25) is 9.69 Å². The number of esters is 1. The van der Waals surface area contributed by atoms with Crippen LogP contribution in [0.2, 0.25) is 0 Å². The number of thiocarbonyl (C=S) groups is 1. The smallest absolute Gasteiger partial charge is 0.379 e. The number of carbonyl (C=O) groups is 2. The van der Waals surface area contributed by atoms with Crippen molar-refractivity contribution in [2.75, 3.05) is 11.5 Å². The SMILES string of the molecule is CCOc1cc(/C=C2\SC(=S)N(c3cc(C)ccc3C)C2=O)ccc1OC(=O)c1ccco1. The summed E-state index contributed by atoms with van der Waals surface area (Å²) in [6.07, 6.45) is 3.16. The summed E-state index contributed by atoms with van der Waals surface area (Å²) in [6, 6.07) is 14.2. The summed E-state index contributed by atoms with van der Waals surface area (Å²) in [6.45, 7) is 6.14. The van der Waals surface area contributed by atoms with E-state index in [1.807, 2.05) is 39.0 Å². The van der Waals surface area contributed by atoms with Gasteiger partial charge in [-0.05, 0) is 73.9 Å². The van der Waals surface area contributed by atoms with Crippen LogP contribution in [0.15, 0.2) is 64.1 Å². The quantitative estimate of drug-likeness (QED) is 0.188. The molecule has 0 radical (unpaired) electrons. The summed E-state index contributed by atoms with van der Waals surface area (Å²) in [4.78, 5) is 27.5. The van der Waals surface area contributed by atoms with Crippen LogP contribution in [0.25, 0.3) is 6.08 Å². The molecule has 0 unspecified atom stereocenters. The number of carbonyl (C=O) groups excluding carboxylic acids is 2. The van der Waals surface area contributed by atoms with Crippen LogP contribution in [0.5, 0.6) is 11.5 Å². The van der Waals surface area contributed by atoms with Gasteiger partial charge in [0.05, 0.1) is 23.5 Å². The Labute approximate surface area is 201 Å². The van der Waals surface area contributed by atoms with E-state index in [1.165, 1.54) is 24.1 Å². The molecule has 6 nitrogen and oxygen atoms in total. The molecular formula is C25H21NO5S2. The lowest BCUT2D eigenvalue weighted by molar-refractivity contribution is -0.113. The van der Waals surface area contributed by atoms with Gasteiger partial charge in [-0.2, -0.15) is 0 Å². The molecule has 1 aliphatic heterocycles. The third-order valence-corrected chi connectivity index (χ3v) is 6.19. The topological polar surface area (TPSA) is 69.0 Å². The average molecular weight is 480 g/mol. The zero-order chi connectivity index (χ0) is 23.5. The Balaban J connectivity index is 1.61. The number of hydrogen-bond donors (Lipinski definition) is 0. The second-order valence-corrected chi connectivity index (χ2v) is 8.99. The van der Waals surface area contributed by atoms with Crippen molar-refractivity contribution in [3.8, 4) is 11.5 Å². The zero-order valence-corrected chi connectivity index (χ0v) is 19.9. The Morgan fingerprint density at radius 1 is 1.15 bits per heavy atom. The minimum absolute atomic E-state index is 0.0941. The van der Waals surface area contributed by atoms with Crippen LogP contribution in [-0.2, 0) is 4.79 Å². The maximum absolute atomic E-state index is 13.2. The molecule has 8 heteroatoms. The first kappa shape index (κ1) is 22.8. The molecular weight excluding hydrogens is 458 g/mol. The first-order valence-electron chi connectivity index (χ1n) is 10.2. The Morgan fingerprint density at radius 2 is 1.97 bits per heavy atom. The number of aryl methyl sites for hydroxylation is 2. The summed E-state index contributed by atoms with van der Waals surface area (Å²) in [5.74, 6) is -0.0563. The fourth-order valence-corrected chi connectivity index (χ4v) is 4.58. The largest absolute Gasteiger partial charge is 0.490 e. The maximum Gasteiger partial charge on any atom is 0.379 e. The highest BCUT2D eigenvalue weighted by Gasteiger charge is 2.34. The molecule has 1 amide bonds. The number of nitrogens with zero attached hydrogens (tertiary/aromatic N) is 1. The molecule has 0 N–H and O–H groups in total. The van der Waals surface area contributed by atoms with Crippen LogP contribution in [0, 0.1) is 13.8 Å². The van der Waals surface area contributed by atoms with Crippen LogP contribution < -0.4 is 14.4 Å². The lowest BCUT2D eigenvalue weighted by atomic mass is 10.1. The highest BCUT2D eigenvalue weighted by molar-refractivity contribution is 8.27. The van der Waals surface area contributed by atoms with Crippen LogP contribution in [0.1, 0.15) is 34.2 Å². The number of anilines is 1. The number of rotatable bonds is 6. The van der Waals surface area contributed by atoms with Gasteiger partial charge in [-0.15, -0.1) is 0 Å². The summed E-state index contributed by atoms with van der Waals surface area (Å²) in [5, 5.41) is 0. The van der Waals surface area contributed by atoms with Gasteiger partial charge in [0, 0.05) is 0 Å². The van der Waals surface area contributed by atoms with Crippen molar-refractivity contribution in [2.24, 2.45) is 0 Å². The number of amides is 1. The predicted octanol–water partition coefficient (Wildman–Crippen LogP) is 5.92. The van der Waals surface area contributed by atoms with Crippen molar-refractivity contribution >= 4 is 51.9 Å². The van der Waals surface area contributed by atoms with E-state index in [0.717, 1.165) is 22.4 Å². The van der Waals surface area contributed by atoms with Crippen molar-refractivity contribution in [2.45, 2.75) is 20.8 Å². The highest BCUT2D eigenvalue weighted by Crippen LogP contribution is 2.38. The second kappa shape index (κ2) is 9.64. The molecule has 2 heterocycles. The summed E-state index contributed by atoms with van der Waals surface area (Å²) >= 11 is 6.76. The van der Waals surface area contributed by atoms with Crippen LogP contribution in [0.3, 0.4) is 0 Å². The minimum Gasteiger partial charge on any atom is -0.490 e. The minimum atomic E-state index is -0.622. The molecule has 4 rings (SSSR count). The standard InChI is InChI=1S/C25H21NO5S2/c1-4-29-21-13-17(9-10-19(21)31-24(28)20-6-5-11-30-20)14-22-23(27)26(25(32)33-22)18-12-15(2)7-8-16(18)3/h5-14H,4H2,1-3H3/b22-14-. The summed E-state index contributed by atoms with van der Waals surface area (Å²) in [5.41, 5.74) is 3.53. The molecule has 3 aromatic rings. The van der Waals surface area contributed by atoms with E-state index in [9.17, 15) is 9.59 Å². The molecule has 1 aromatic heterocycles. The first-order valence-corrected chi connectivity index (χ1v) is 11.5. The van der Waals surface area contributed by atoms with Crippen molar-refractivity contribution < 1.29 is 23.5 Å². The lowest BCUT2D eigenvalue weighted by Gasteiger charge is -2.17. The van der Waals surface area contributed by atoms with Gasteiger partial charge in [0.25, 0.3) is 5.91 Å². The van der Waals surface area contributed by atoms with Crippen LogP contribution in [0.4, 0.5) is 5.69 Å². The van der Waals surface area contributed by atoms with Crippen molar-refractivity contribution in [1.29, 1.82) is 0 Å². The highest BCUT2D eigenvalue weighted by atomic mass is 32.2. The normalized spacial score (nSPS) is 14.8. The van der Waals surface area contributed by atoms with E-state index >= 15 is 0 Å². The number of ether oxygens (including phenoxy) is 2. The molecule has 1 fully saturated rings. The van der Waals surface area contributed by atoms with E-state index in [4.69, 9.17) is 26.1 Å². The molecule has 1 aliphatic rings. The van der Waals surface area contributed by atoms with Crippen molar-refractivity contribution in [3.05, 3.63) is 82.1 Å². The number of furan rings is 1. The molecule has 168 valence electrons. The fourth-order valence-electron chi connectivity index (χ4n) is 3.30. The van der Waals surface area contributed by atoms with Gasteiger partial charge < -0.3 is 13.9 Å². The number of thioether (sulfide) groups is 1. The number of hydrogen-bond acceptors (Lipinski definition) is 7. The summed E-state index contributed by atoms with van der Waals surface area (Å²) < 4.78 is 16.7. The van der Waals surface area contributed by atoms with Gasteiger partial charge in [-0.1, -0.05) is 42.2 Å². The third-order valence-electron chi connectivity index (χ3n) is 4.89. The van der Waals surface area contributed by atoms with Gasteiger partial charge in [0.1, 0.15) is 0 Å². The molecule has 2 aromatic carbocycles. The Morgan fingerprint density at radius 3 is 2.70 bits per heavy atom. The van der Waals surface area contributed by atoms with Gasteiger partial charge >= 0.3 is 5.97 Å². The maximum atomic E-state index is 13.2. The second-order valence-electron chi connectivity index (χ2n) is 7.31. The third kappa shape index (κ3) is 4.86. The predicted molar refractivity (Wildman–Crippen MR) is 133 cm³/mol. The van der Waals surface area contributed by atoms with E-state index in [2.05, 4.69) is 0 Å². The van der Waals surface area contributed by atoms with Crippen LogP contribution >= 0.6 is 24.0 Å². The monoisotopic (exact) mass is 479 g/mol. The van der Waals surface area contributed by atoms with Crippen molar-refractivity contribution in [3.63, 3.8) is 0 Å². The Bertz CT molecular complexity index is 1260. The Hall–Kier alpha value is -3.36. The molecule has 0 atom stereocenters. The van der Waals surface area contributed by atoms with Gasteiger partial charge in [0.15, 0.2) is 15.8 Å². The van der Waals surface area contributed by atoms with Crippen LogP contribution in [-0.4, -0.2) is 22.8 Å². The number of benzene rings is 2. The molecule has 0 spiro atoms. The van der Waals surface area contributed by atoms with E-state index in [0.29, 0.717) is 21.6 Å². The molecule has 0 bridgehead atoms. The van der Waals surface area contributed by atoms with E-state index in [1.54, 1.807) is 35.2 Å². The zero-order valence-electron chi connectivity index (χ0n) is 18.3. The van der Waals surface area contributed by atoms with E-state index < -0.39 is 5.97 Å². The molecule has 0 aliphatic carbocycles. The summed E-state index contributed by atoms with van der Waals surface area (Å²) in [7, 11) is 0. The van der Waals surface area contributed by atoms with E-state index in [-0.39, 0.29) is 17.4 Å². The molecule has 1 saturated heterocycles. The Kier molecular flexibility index (Phi) is 6.67. The van der Waals surface area contributed by atoms with Crippen molar-refractivity contribution in [1.82, 2.24) is 0 Å². The van der Waals surface area contributed by atoms with Gasteiger partial charge in [0.2, 0.25) is 5.76 Å². The first-order chi connectivity index (χ1) is 15.9. The van der Waals surface area contributed by atoms with Gasteiger partial charge in [-0.25, -0.2) is 4.79 Å². The fraction of sp³-hybridized carbons (Fsp3) is 0.160.